The van der Waals surface area contributed by atoms with Crippen molar-refractivity contribution in [2.75, 3.05) is 0 Å². The van der Waals surface area contributed by atoms with E-state index in [0.717, 1.165) is 37.7 Å². The van der Waals surface area contributed by atoms with Crippen LogP contribution in [-0.2, 0) is 18.4 Å². The molecule has 0 unspecified atom stereocenters. The van der Waals surface area contributed by atoms with E-state index in [1.54, 1.807) is 0 Å². The van der Waals surface area contributed by atoms with Crippen LogP contribution in [0, 0.1) is 0 Å². The Morgan fingerprint density at radius 3 is 2.54 bits per heavy atom. The average molecular weight is 350 g/mol. The van der Waals surface area contributed by atoms with Gasteiger partial charge in [0.05, 0.1) is 5.54 Å². The summed E-state index contributed by atoms with van der Waals surface area (Å²) < 4.78 is 5.23. The van der Waals surface area contributed by atoms with Gasteiger partial charge in [-0.3, -0.25) is 4.79 Å². The van der Waals surface area contributed by atoms with Crippen molar-refractivity contribution in [3.8, 4) is 0 Å². The molecule has 0 atom stereocenters. The molecule has 1 aliphatic rings. The van der Waals surface area contributed by atoms with Crippen molar-refractivity contribution >= 4 is 18.2 Å². The third-order valence-corrected chi connectivity index (χ3v) is 4.54. The predicted octanol–water partition coefficient (Wildman–Crippen LogP) is 3.60. The maximum atomic E-state index is 12.2. The van der Waals surface area contributed by atoms with Crippen molar-refractivity contribution in [3.63, 3.8) is 0 Å². The molecule has 0 aliphatic heterocycles. The second-order valence-electron chi connectivity index (χ2n) is 6.39. The van der Waals surface area contributed by atoms with Crippen LogP contribution in [-0.4, -0.2) is 15.9 Å². The van der Waals surface area contributed by atoms with Crippen molar-refractivity contribution in [1.82, 2.24) is 10.1 Å². The quantitative estimate of drug-likeness (QED) is 0.772. The van der Waals surface area contributed by atoms with Crippen LogP contribution in [0.4, 0.5) is 0 Å². The van der Waals surface area contributed by atoms with Gasteiger partial charge in [0.25, 0.3) is 0 Å². The van der Waals surface area contributed by atoms with E-state index in [4.69, 9.17) is 10.3 Å². The molecule has 130 valence electrons. The molecule has 1 saturated carbocycles. The first-order valence-corrected chi connectivity index (χ1v) is 8.35. The van der Waals surface area contributed by atoms with E-state index in [0.29, 0.717) is 24.6 Å². The topological polar surface area (TPSA) is 82.0 Å². The number of carbonyl (C=O) groups excluding carboxylic acids is 1. The molecule has 1 aliphatic carbocycles. The highest BCUT2D eigenvalue weighted by molar-refractivity contribution is 5.96. The average Bonchev–Trinajstić information content (AvgIpc) is 3.00. The fourth-order valence-corrected chi connectivity index (χ4v) is 2.85. The van der Waals surface area contributed by atoms with E-state index < -0.39 is 5.54 Å². The largest absolute Gasteiger partial charge is 0.339 e. The fraction of sp³-hybridized carbons (Fsp3) is 0.500. The zero-order valence-electron chi connectivity index (χ0n) is 14.0. The lowest BCUT2D eigenvalue weighted by molar-refractivity contribution is 0.0979. The summed E-state index contributed by atoms with van der Waals surface area (Å²) in [7, 11) is 0. The van der Waals surface area contributed by atoms with Crippen LogP contribution in [0.2, 0.25) is 0 Å². The van der Waals surface area contributed by atoms with E-state index in [9.17, 15) is 4.79 Å². The summed E-state index contributed by atoms with van der Waals surface area (Å²) in [4.78, 5) is 16.6. The molecule has 0 saturated heterocycles. The summed E-state index contributed by atoms with van der Waals surface area (Å²) in [5, 5.41) is 3.97. The maximum absolute atomic E-state index is 12.2. The van der Waals surface area contributed by atoms with Crippen LogP contribution >= 0.6 is 12.4 Å². The molecule has 5 nitrogen and oxygen atoms in total. The first-order valence-electron chi connectivity index (χ1n) is 8.35. The Balaban J connectivity index is 0.00000208. The number of benzene rings is 1. The summed E-state index contributed by atoms with van der Waals surface area (Å²) in [5.41, 5.74) is 7.75. The van der Waals surface area contributed by atoms with Crippen molar-refractivity contribution < 1.29 is 9.32 Å². The van der Waals surface area contributed by atoms with Gasteiger partial charge in [-0.15, -0.1) is 12.4 Å². The summed E-state index contributed by atoms with van der Waals surface area (Å²) in [6, 6.07) is 7.85. The van der Waals surface area contributed by atoms with Crippen LogP contribution in [0.1, 0.15) is 66.7 Å². The molecule has 3 rings (SSSR count). The maximum Gasteiger partial charge on any atom is 0.227 e. The van der Waals surface area contributed by atoms with Gasteiger partial charge in [0, 0.05) is 18.4 Å². The van der Waals surface area contributed by atoms with Gasteiger partial charge in [0.1, 0.15) is 0 Å². The Morgan fingerprint density at radius 1 is 1.25 bits per heavy atom. The number of aryl methyl sites for hydroxylation is 2. The van der Waals surface area contributed by atoms with E-state index in [1.807, 2.05) is 24.3 Å². The third kappa shape index (κ3) is 4.02. The molecule has 0 radical (unpaired) electrons. The van der Waals surface area contributed by atoms with Gasteiger partial charge < -0.3 is 10.3 Å². The standard InChI is InChI=1S/C18H23N3O2.ClH/c1-2-4-13-5-7-14(8-6-13)15(22)9-10-16-20-17(21-23-16)18(19)11-3-12-18;/h5-8H,2-4,9-12,19H2,1H3;1H. The summed E-state index contributed by atoms with van der Waals surface area (Å²) in [6.07, 6.45) is 5.87. The Hall–Kier alpha value is -1.72. The van der Waals surface area contributed by atoms with Crippen LogP contribution in [0.15, 0.2) is 28.8 Å². The van der Waals surface area contributed by atoms with Gasteiger partial charge >= 0.3 is 0 Å². The molecule has 1 aromatic heterocycles. The van der Waals surface area contributed by atoms with E-state index in [2.05, 4.69) is 17.1 Å². The number of hydrogen-bond donors (Lipinski definition) is 1. The summed E-state index contributed by atoms with van der Waals surface area (Å²) in [6.45, 7) is 2.15. The number of ketones is 1. The van der Waals surface area contributed by atoms with E-state index >= 15 is 0 Å². The molecule has 6 heteroatoms. The highest BCUT2D eigenvalue weighted by Crippen LogP contribution is 2.36. The number of halogens is 1. The number of hydrogen-bond acceptors (Lipinski definition) is 5. The summed E-state index contributed by atoms with van der Waals surface area (Å²) >= 11 is 0. The minimum atomic E-state index is -0.416. The van der Waals surface area contributed by atoms with Gasteiger partial charge in [-0.25, -0.2) is 0 Å². The molecular weight excluding hydrogens is 326 g/mol. The highest BCUT2D eigenvalue weighted by Gasteiger charge is 2.38. The van der Waals surface area contributed by atoms with Crippen LogP contribution < -0.4 is 5.73 Å². The second kappa shape index (κ2) is 7.90. The SMILES string of the molecule is CCCc1ccc(C(=O)CCc2nc(C3(N)CCC3)no2)cc1.Cl. The van der Waals surface area contributed by atoms with Crippen LogP contribution in [0.25, 0.3) is 0 Å². The van der Waals surface area contributed by atoms with Crippen molar-refractivity contribution in [1.29, 1.82) is 0 Å². The Bertz CT molecular complexity index is 678. The zero-order chi connectivity index (χ0) is 16.3. The van der Waals surface area contributed by atoms with Gasteiger partial charge in [0.15, 0.2) is 11.6 Å². The van der Waals surface area contributed by atoms with Gasteiger partial charge in [-0.05, 0) is 31.2 Å². The predicted molar refractivity (Wildman–Crippen MR) is 94.4 cm³/mol. The lowest BCUT2D eigenvalue weighted by atomic mass is 9.77. The number of carbonyl (C=O) groups is 1. The lowest BCUT2D eigenvalue weighted by Crippen LogP contribution is -2.44. The molecule has 1 aromatic carbocycles. The highest BCUT2D eigenvalue weighted by atomic mass is 35.5. The number of nitrogens with zero attached hydrogens (tertiary/aromatic N) is 2. The van der Waals surface area contributed by atoms with Gasteiger partial charge in [0.2, 0.25) is 5.89 Å². The zero-order valence-corrected chi connectivity index (χ0v) is 14.8. The third-order valence-electron chi connectivity index (χ3n) is 4.54. The second-order valence-corrected chi connectivity index (χ2v) is 6.39. The molecule has 2 N–H and O–H groups in total. The number of rotatable bonds is 7. The molecule has 0 amide bonds. The number of aromatic nitrogens is 2. The Morgan fingerprint density at radius 2 is 1.96 bits per heavy atom. The molecular formula is C18H24ClN3O2. The van der Waals surface area contributed by atoms with Crippen LogP contribution in [0.5, 0.6) is 0 Å². The lowest BCUT2D eigenvalue weighted by Gasteiger charge is -2.34. The van der Waals surface area contributed by atoms with Crippen molar-refractivity contribution in [2.45, 2.75) is 57.4 Å². The smallest absolute Gasteiger partial charge is 0.227 e. The first kappa shape index (κ1) is 18.6. The molecule has 24 heavy (non-hydrogen) atoms. The van der Waals surface area contributed by atoms with Crippen molar-refractivity contribution in [3.05, 3.63) is 47.1 Å². The first-order chi connectivity index (χ1) is 11.1. The van der Waals surface area contributed by atoms with Crippen LogP contribution in [0.3, 0.4) is 0 Å². The number of nitrogens with two attached hydrogens (primary N) is 1. The molecule has 2 aromatic rings. The monoisotopic (exact) mass is 349 g/mol. The molecule has 1 heterocycles. The minimum Gasteiger partial charge on any atom is -0.339 e. The Kier molecular flexibility index (Phi) is 6.13. The van der Waals surface area contributed by atoms with Gasteiger partial charge in [-0.2, -0.15) is 4.98 Å². The Labute approximate surface area is 148 Å². The van der Waals surface area contributed by atoms with E-state index in [-0.39, 0.29) is 18.2 Å². The molecule has 0 bridgehead atoms. The minimum absolute atomic E-state index is 0. The van der Waals surface area contributed by atoms with E-state index in [1.165, 1.54) is 5.56 Å². The fourth-order valence-electron chi connectivity index (χ4n) is 2.85. The van der Waals surface area contributed by atoms with Gasteiger partial charge in [-0.1, -0.05) is 42.8 Å². The molecule has 1 fully saturated rings. The number of Topliss-reactive ketones (excluding diaryl/α,β-unsaturated/α-hetero) is 1. The molecule has 0 spiro atoms. The van der Waals surface area contributed by atoms with Crippen molar-refractivity contribution in [2.24, 2.45) is 5.73 Å². The normalized spacial score (nSPS) is 15.4. The summed E-state index contributed by atoms with van der Waals surface area (Å²) in [5.74, 6) is 1.17.